The van der Waals surface area contributed by atoms with Gasteiger partial charge in [-0.15, -0.1) is 0 Å². The third-order valence-electron chi connectivity index (χ3n) is 3.75. The molecule has 0 radical (unpaired) electrons. The molecule has 1 N–H and O–H groups in total. The van der Waals surface area contributed by atoms with Gasteiger partial charge in [-0.3, -0.25) is 10.1 Å². The van der Waals surface area contributed by atoms with E-state index in [2.05, 4.69) is 5.32 Å². The first kappa shape index (κ1) is 18.0. The van der Waals surface area contributed by atoms with E-state index in [4.69, 9.17) is 21.1 Å². The molecule has 0 amide bonds. The highest BCUT2D eigenvalue weighted by molar-refractivity contribution is 6.31. The van der Waals surface area contributed by atoms with Crippen molar-refractivity contribution in [2.75, 3.05) is 14.2 Å². The molecule has 2 rings (SSSR count). The van der Waals surface area contributed by atoms with Crippen molar-refractivity contribution in [1.82, 2.24) is 5.32 Å². The van der Waals surface area contributed by atoms with Crippen LogP contribution < -0.4 is 14.8 Å². The van der Waals surface area contributed by atoms with Crippen molar-refractivity contribution in [2.24, 2.45) is 0 Å². The Morgan fingerprint density at radius 1 is 1.17 bits per heavy atom. The van der Waals surface area contributed by atoms with Crippen molar-refractivity contribution in [3.05, 3.63) is 62.7 Å². The van der Waals surface area contributed by atoms with Crippen molar-refractivity contribution in [2.45, 2.75) is 19.5 Å². The Hall–Kier alpha value is -2.31. The third-order valence-corrected chi connectivity index (χ3v) is 4.11. The first-order valence-corrected chi connectivity index (χ1v) is 7.72. The summed E-state index contributed by atoms with van der Waals surface area (Å²) in [6.45, 7) is 2.51. The Bertz CT molecular complexity index is 737. The molecule has 0 aliphatic rings. The number of nitro groups is 1. The quantitative estimate of drug-likeness (QED) is 0.600. The van der Waals surface area contributed by atoms with Gasteiger partial charge in [-0.2, -0.15) is 0 Å². The number of nitrogens with zero attached hydrogens (tertiary/aromatic N) is 1. The number of hydrogen-bond donors (Lipinski definition) is 1. The molecular weight excluding hydrogens is 332 g/mol. The summed E-state index contributed by atoms with van der Waals surface area (Å²) in [5.41, 5.74) is 1.82. The predicted molar refractivity (Wildman–Crippen MR) is 92.9 cm³/mol. The summed E-state index contributed by atoms with van der Waals surface area (Å²) in [5.74, 6) is 1.34. The molecule has 7 heteroatoms. The van der Waals surface area contributed by atoms with Gasteiger partial charge < -0.3 is 14.8 Å². The molecular formula is C17H19ClN2O4. The molecule has 0 bridgehead atoms. The van der Waals surface area contributed by atoms with E-state index in [1.54, 1.807) is 20.3 Å². The van der Waals surface area contributed by atoms with Crippen LogP contribution in [0.4, 0.5) is 5.69 Å². The maximum atomic E-state index is 10.7. The van der Waals surface area contributed by atoms with Gasteiger partial charge in [0.2, 0.25) is 0 Å². The Morgan fingerprint density at radius 3 is 2.46 bits per heavy atom. The van der Waals surface area contributed by atoms with Crippen LogP contribution in [0.3, 0.4) is 0 Å². The molecule has 0 aliphatic heterocycles. The number of methoxy groups -OCH3 is 2. The molecule has 128 valence electrons. The summed E-state index contributed by atoms with van der Waals surface area (Å²) < 4.78 is 10.5. The van der Waals surface area contributed by atoms with Gasteiger partial charge in [0, 0.05) is 24.7 Å². The zero-order valence-corrected chi connectivity index (χ0v) is 14.5. The van der Waals surface area contributed by atoms with Crippen molar-refractivity contribution >= 4 is 17.3 Å². The van der Waals surface area contributed by atoms with Gasteiger partial charge in [-0.25, -0.2) is 0 Å². The van der Waals surface area contributed by atoms with Crippen LogP contribution in [-0.4, -0.2) is 19.1 Å². The Kier molecular flexibility index (Phi) is 6.00. The number of halogens is 1. The minimum Gasteiger partial charge on any atom is -0.493 e. The standard InChI is InChI=1S/C17H19ClN2O4/c1-11(12-5-7-16(23-2)17(8-12)24-3)19-10-13-4-6-14(20(21)22)9-15(13)18/h4-9,11,19H,10H2,1-3H3. The molecule has 0 fully saturated rings. The fourth-order valence-electron chi connectivity index (χ4n) is 2.30. The zero-order valence-electron chi connectivity index (χ0n) is 13.7. The molecule has 2 aromatic rings. The number of rotatable bonds is 7. The van der Waals surface area contributed by atoms with Crippen LogP contribution in [-0.2, 0) is 6.54 Å². The van der Waals surface area contributed by atoms with Gasteiger partial charge in [-0.1, -0.05) is 17.7 Å². The molecule has 6 nitrogen and oxygen atoms in total. The number of nitrogens with one attached hydrogen (secondary N) is 1. The minimum absolute atomic E-state index is 0.0170. The van der Waals surface area contributed by atoms with E-state index in [0.29, 0.717) is 23.1 Å². The number of benzene rings is 2. The Balaban J connectivity index is 2.08. The number of ether oxygens (including phenoxy) is 2. The predicted octanol–water partition coefficient (Wildman–Crippen LogP) is 4.12. The monoisotopic (exact) mass is 350 g/mol. The number of hydrogen-bond acceptors (Lipinski definition) is 5. The molecule has 24 heavy (non-hydrogen) atoms. The maximum absolute atomic E-state index is 10.7. The second kappa shape index (κ2) is 7.99. The summed E-state index contributed by atoms with van der Waals surface area (Å²) in [5, 5.41) is 14.5. The van der Waals surface area contributed by atoms with Gasteiger partial charge >= 0.3 is 0 Å². The minimum atomic E-state index is -0.463. The summed E-state index contributed by atoms with van der Waals surface area (Å²) >= 11 is 6.11. The lowest BCUT2D eigenvalue weighted by molar-refractivity contribution is -0.384. The molecule has 2 aromatic carbocycles. The summed E-state index contributed by atoms with van der Waals surface area (Å²) in [6, 6.07) is 10.2. The smallest absolute Gasteiger partial charge is 0.270 e. The fraction of sp³-hybridized carbons (Fsp3) is 0.294. The lowest BCUT2D eigenvalue weighted by Gasteiger charge is -2.17. The summed E-state index contributed by atoms with van der Waals surface area (Å²) in [4.78, 5) is 10.3. The SMILES string of the molecule is COc1ccc(C(C)NCc2ccc([N+](=O)[O-])cc2Cl)cc1OC. The first-order valence-electron chi connectivity index (χ1n) is 7.34. The van der Waals surface area contributed by atoms with Crippen LogP contribution in [0.1, 0.15) is 24.1 Å². The van der Waals surface area contributed by atoms with Crippen molar-refractivity contribution in [3.63, 3.8) is 0 Å². The lowest BCUT2D eigenvalue weighted by Crippen LogP contribution is -2.18. The zero-order chi connectivity index (χ0) is 17.7. The van der Waals surface area contributed by atoms with Crippen LogP contribution in [0.15, 0.2) is 36.4 Å². The maximum Gasteiger partial charge on any atom is 0.270 e. The van der Waals surface area contributed by atoms with E-state index in [1.165, 1.54) is 12.1 Å². The van der Waals surface area contributed by atoms with Gasteiger partial charge in [0.15, 0.2) is 11.5 Å². The molecule has 0 aliphatic carbocycles. The highest BCUT2D eigenvalue weighted by Crippen LogP contribution is 2.30. The van der Waals surface area contributed by atoms with E-state index in [1.807, 2.05) is 25.1 Å². The third kappa shape index (κ3) is 4.15. The number of non-ortho nitro benzene ring substituents is 1. The van der Waals surface area contributed by atoms with E-state index in [-0.39, 0.29) is 11.7 Å². The second-order valence-electron chi connectivity index (χ2n) is 5.25. The topological polar surface area (TPSA) is 73.6 Å². The lowest BCUT2D eigenvalue weighted by atomic mass is 10.1. The van der Waals surface area contributed by atoms with Crippen molar-refractivity contribution < 1.29 is 14.4 Å². The van der Waals surface area contributed by atoms with E-state index in [0.717, 1.165) is 11.1 Å². The summed E-state index contributed by atoms with van der Waals surface area (Å²) in [7, 11) is 3.19. The molecule has 0 heterocycles. The number of nitro benzene ring substituents is 1. The van der Waals surface area contributed by atoms with Crippen LogP contribution in [0.2, 0.25) is 5.02 Å². The fourth-order valence-corrected chi connectivity index (χ4v) is 2.54. The molecule has 0 saturated carbocycles. The van der Waals surface area contributed by atoms with Crippen molar-refractivity contribution in [1.29, 1.82) is 0 Å². The van der Waals surface area contributed by atoms with Gasteiger partial charge in [0.05, 0.1) is 24.2 Å². The highest BCUT2D eigenvalue weighted by atomic mass is 35.5. The van der Waals surface area contributed by atoms with Gasteiger partial charge in [0.1, 0.15) is 0 Å². The Labute approximate surface area is 145 Å². The molecule has 1 unspecified atom stereocenters. The van der Waals surface area contributed by atoms with Crippen LogP contribution in [0, 0.1) is 10.1 Å². The van der Waals surface area contributed by atoms with E-state index < -0.39 is 4.92 Å². The normalized spacial score (nSPS) is 11.8. The first-order chi connectivity index (χ1) is 11.5. The van der Waals surface area contributed by atoms with E-state index in [9.17, 15) is 10.1 Å². The van der Waals surface area contributed by atoms with Gasteiger partial charge in [0.25, 0.3) is 5.69 Å². The van der Waals surface area contributed by atoms with E-state index >= 15 is 0 Å². The molecule has 0 aromatic heterocycles. The van der Waals surface area contributed by atoms with Gasteiger partial charge in [-0.05, 0) is 36.2 Å². The average molecular weight is 351 g/mol. The summed E-state index contributed by atoms with van der Waals surface area (Å²) in [6.07, 6.45) is 0. The average Bonchev–Trinajstić information content (AvgIpc) is 2.59. The molecule has 1 atom stereocenters. The Morgan fingerprint density at radius 2 is 1.88 bits per heavy atom. The molecule has 0 spiro atoms. The van der Waals surface area contributed by atoms with Crippen LogP contribution >= 0.6 is 11.6 Å². The van der Waals surface area contributed by atoms with Crippen LogP contribution in [0.25, 0.3) is 0 Å². The largest absolute Gasteiger partial charge is 0.493 e. The highest BCUT2D eigenvalue weighted by Gasteiger charge is 2.12. The van der Waals surface area contributed by atoms with Crippen molar-refractivity contribution in [3.8, 4) is 11.5 Å². The second-order valence-corrected chi connectivity index (χ2v) is 5.66. The molecule has 0 saturated heterocycles. The van der Waals surface area contributed by atoms with Crippen LogP contribution in [0.5, 0.6) is 11.5 Å².